The first-order chi connectivity index (χ1) is 8.62. The minimum atomic E-state index is -0.452. The van der Waals surface area contributed by atoms with Gasteiger partial charge < -0.3 is 10.8 Å². The summed E-state index contributed by atoms with van der Waals surface area (Å²) in [5.41, 5.74) is 6.62. The monoisotopic (exact) mass is 247 g/mol. The highest BCUT2D eigenvalue weighted by atomic mass is 16.3. The molecular formula is C14H21N3O. The molecule has 0 radical (unpaired) electrons. The quantitative estimate of drug-likeness (QED) is 0.766. The van der Waals surface area contributed by atoms with E-state index in [4.69, 9.17) is 10.8 Å². The van der Waals surface area contributed by atoms with Gasteiger partial charge in [0.15, 0.2) is 0 Å². The molecule has 1 aromatic carbocycles. The normalized spacial score (nSPS) is 14.8. The van der Waals surface area contributed by atoms with Crippen molar-refractivity contribution in [3.05, 3.63) is 30.5 Å². The molecule has 2 rings (SSSR count). The SMILES string of the molecule is CC(N)(CO)CCCCn1ncc2ccccc21. The molecule has 2 aromatic rings. The Balaban J connectivity index is 1.87. The Morgan fingerprint density at radius 3 is 2.89 bits per heavy atom. The highest BCUT2D eigenvalue weighted by molar-refractivity contribution is 5.78. The zero-order valence-corrected chi connectivity index (χ0v) is 10.8. The van der Waals surface area contributed by atoms with Crippen molar-refractivity contribution in [3.8, 4) is 0 Å². The number of rotatable bonds is 6. The molecule has 0 bridgehead atoms. The average molecular weight is 247 g/mol. The maximum absolute atomic E-state index is 9.08. The number of aryl methyl sites for hydroxylation is 1. The van der Waals surface area contributed by atoms with E-state index in [1.165, 1.54) is 10.9 Å². The molecule has 0 saturated carbocycles. The first-order valence-corrected chi connectivity index (χ1v) is 6.43. The smallest absolute Gasteiger partial charge is 0.0682 e. The zero-order chi connectivity index (χ0) is 13.0. The largest absolute Gasteiger partial charge is 0.394 e. The summed E-state index contributed by atoms with van der Waals surface area (Å²) in [6.07, 6.45) is 4.76. The van der Waals surface area contributed by atoms with Gasteiger partial charge in [-0.2, -0.15) is 5.10 Å². The summed E-state index contributed by atoms with van der Waals surface area (Å²) in [6.45, 7) is 2.82. The Morgan fingerprint density at radius 2 is 2.11 bits per heavy atom. The van der Waals surface area contributed by atoms with E-state index >= 15 is 0 Å². The van der Waals surface area contributed by atoms with Crippen molar-refractivity contribution < 1.29 is 5.11 Å². The Labute approximate surface area is 107 Å². The highest BCUT2D eigenvalue weighted by Gasteiger charge is 2.15. The van der Waals surface area contributed by atoms with Gasteiger partial charge >= 0.3 is 0 Å². The van der Waals surface area contributed by atoms with E-state index in [1.54, 1.807) is 0 Å². The van der Waals surface area contributed by atoms with Gasteiger partial charge in [-0.3, -0.25) is 4.68 Å². The fourth-order valence-electron chi connectivity index (χ4n) is 2.07. The van der Waals surface area contributed by atoms with Crippen LogP contribution in [0.3, 0.4) is 0 Å². The number of unbranched alkanes of at least 4 members (excludes halogenated alkanes) is 1. The van der Waals surface area contributed by atoms with Crippen LogP contribution >= 0.6 is 0 Å². The molecule has 3 N–H and O–H groups in total. The molecule has 0 aliphatic rings. The summed E-state index contributed by atoms with van der Waals surface area (Å²) in [6, 6.07) is 8.21. The van der Waals surface area contributed by atoms with Gasteiger partial charge in [-0.15, -0.1) is 0 Å². The molecule has 1 atom stereocenters. The van der Waals surface area contributed by atoms with Crippen LogP contribution in [0.25, 0.3) is 10.9 Å². The van der Waals surface area contributed by atoms with E-state index in [9.17, 15) is 0 Å². The van der Waals surface area contributed by atoms with Gasteiger partial charge in [0.1, 0.15) is 0 Å². The van der Waals surface area contributed by atoms with Crippen LogP contribution in [-0.4, -0.2) is 27.0 Å². The predicted molar refractivity (Wildman–Crippen MR) is 73.3 cm³/mol. The van der Waals surface area contributed by atoms with Crippen LogP contribution in [0.2, 0.25) is 0 Å². The van der Waals surface area contributed by atoms with Gasteiger partial charge in [0, 0.05) is 17.5 Å². The number of aliphatic hydroxyl groups excluding tert-OH is 1. The van der Waals surface area contributed by atoms with Crippen LogP contribution in [0.1, 0.15) is 26.2 Å². The van der Waals surface area contributed by atoms with Crippen LogP contribution < -0.4 is 5.73 Å². The Kier molecular flexibility index (Phi) is 3.99. The molecule has 18 heavy (non-hydrogen) atoms. The number of fused-ring (bicyclic) bond motifs is 1. The fourth-order valence-corrected chi connectivity index (χ4v) is 2.07. The molecule has 4 heteroatoms. The summed E-state index contributed by atoms with van der Waals surface area (Å²) >= 11 is 0. The van der Waals surface area contributed by atoms with Crippen molar-refractivity contribution in [2.75, 3.05) is 6.61 Å². The number of hydrogen-bond donors (Lipinski definition) is 2. The Morgan fingerprint density at radius 1 is 1.33 bits per heavy atom. The Bertz CT molecular complexity index is 504. The standard InChI is InChI=1S/C14H21N3O/c1-14(15,11-18)8-4-5-9-17-13-7-3-2-6-12(13)10-16-17/h2-3,6-7,10,18H,4-5,8-9,11,15H2,1H3. The second kappa shape index (κ2) is 5.50. The molecule has 0 fully saturated rings. The second-order valence-electron chi connectivity index (χ2n) is 5.20. The van der Waals surface area contributed by atoms with Crippen LogP contribution in [0, 0.1) is 0 Å². The van der Waals surface area contributed by atoms with Crippen LogP contribution in [0.5, 0.6) is 0 Å². The fraction of sp³-hybridized carbons (Fsp3) is 0.500. The third-order valence-corrected chi connectivity index (χ3v) is 3.28. The van der Waals surface area contributed by atoms with E-state index in [0.717, 1.165) is 25.8 Å². The lowest BCUT2D eigenvalue weighted by atomic mass is 9.97. The molecule has 0 amide bonds. The van der Waals surface area contributed by atoms with Crippen molar-refractivity contribution >= 4 is 10.9 Å². The van der Waals surface area contributed by atoms with E-state index in [0.29, 0.717) is 0 Å². The number of aliphatic hydroxyl groups is 1. The average Bonchev–Trinajstić information content (AvgIpc) is 2.78. The molecule has 4 nitrogen and oxygen atoms in total. The third kappa shape index (κ3) is 3.09. The number of para-hydroxylation sites is 1. The lowest BCUT2D eigenvalue weighted by Crippen LogP contribution is -2.39. The first kappa shape index (κ1) is 13.1. The number of benzene rings is 1. The molecule has 98 valence electrons. The number of hydrogen-bond acceptors (Lipinski definition) is 3. The maximum atomic E-state index is 9.08. The van der Waals surface area contributed by atoms with Gasteiger partial charge in [-0.25, -0.2) is 0 Å². The summed E-state index contributed by atoms with van der Waals surface area (Å²) in [7, 11) is 0. The molecule has 0 spiro atoms. The van der Waals surface area contributed by atoms with Gasteiger partial charge in [0.25, 0.3) is 0 Å². The minimum Gasteiger partial charge on any atom is -0.394 e. The molecule has 0 aliphatic carbocycles. The van der Waals surface area contributed by atoms with Gasteiger partial charge in [0.05, 0.1) is 18.3 Å². The van der Waals surface area contributed by atoms with Gasteiger partial charge in [-0.05, 0) is 32.3 Å². The van der Waals surface area contributed by atoms with E-state index in [2.05, 4.69) is 17.2 Å². The predicted octanol–water partition coefficient (Wildman–Crippen LogP) is 1.92. The molecular weight excluding hydrogens is 226 g/mol. The van der Waals surface area contributed by atoms with Crippen molar-refractivity contribution in [1.29, 1.82) is 0 Å². The Hall–Kier alpha value is -1.39. The van der Waals surface area contributed by atoms with Crippen LogP contribution in [0.15, 0.2) is 30.5 Å². The minimum absolute atomic E-state index is 0.0394. The number of nitrogens with two attached hydrogens (primary N) is 1. The molecule has 1 unspecified atom stereocenters. The maximum Gasteiger partial charge on any atom is 0.0682 e. The molecule has 0 saturated heterocycles. The number of aromatic nitrogens is 2. The molecule has 1 heterocycles. The first-order valence-electron chi connectivity index (χ1n) is 6.43. The van der Waals surface area contributed by atoms with E-state index in [1.807, 2.05) is 29.9 Å². The molecule has 1 aromatic heterocycles. The summed E-state index contributed by atoms with van der Waals surface area (Å²) in [5.74, 6) is 0. The van der Waals surface area contributed by atoms with Crippen molar-refractivity contribution in [2.45, 2.75) is 38.3 Å². The summed E-state index contributed by atoms with van der Waals surface area (Å²) < 4.78 is 2.03. The van der Waals surface area contributed by atoms with E-state index in [-0.39, 0.29) is 6.61 Å². The van der Waals surface area contributed by atoms with Gasteiger partial charge in [-0.1, -0.05) is 18.2 Å². The van der Waals surface area contributed by atoms with E-state index < -0.39 is 5.54 Å². The topological polar surface area (TPSA) is 64.1 Å². The van der Waals surface area contributed by atoms with Crippen molar-refractivity contribution in [3.63, 3.8) is 0 Å². The number of nitrogens with zero attached hydrogens (tertiary/aromatic N) is 2. The van der Waals surface area contributed by atoms with Crippen LogP contribution in [0.4, 0.5) is 0 Å². The lowest BCUT2D eigenvalue weighted by Gasteiger charge is -2.21. The van der Waals surface area contributed by atoms with Crippen molar-refractivity contribution in [2.24, 2.45) is 5.73 Å². The zero-order valence-electron chi connectivity index (χ0n) is 10.8. The highest BCUT2D eigenvalue weighted by Crippen LogP contribution is 2.15. The summed E-state index contributed by atoms with van der Waals surface area (Å²) in [5, 5.41) is 14.6. The third-order valence-electron chi connectivity index (χ3n) is 3.28. The molecule has 0 aliphatic heterocycles. The summed E-state index contributed by atoms with van der Waals surface area (Å²) in [4.78, 5) is 0. The lowest BCUT2D eigenvalue weighted by molar-refractivity contribution is 0.197. The van der Waals surface area contributed by atoms with Gasteiger partial charge in [0.2, 0.25) is 0 Å². The van der Waals surface area contributed by atoms with Crippen molar-refractivity contribution in [1.82, 2.24) is 9.78 Å². The van der Waals surface area contributed by atoms with Crippen LogP contribution in [-0.2, 0) is 6.54 Å². The second-order valence-corrected chi connectivity index (χ2v) is 5.20.